The van der Waals surface area contributed by atoms with Crippen LogP contribution in [0.4, 0.5) is 14.4 Å². The van der Waals surface area contributed by atoms with Crippen LogP contribution in [0.1, 0.15) is 59.4 Å². The highest BCUT2D eigenvalue weighted by molar-refractivity contribution is 5.75. The van der Waals surface area contributed by atoms with E-state index in [2.05, 4.69) is 0 Å². The minimum atomic E-state index is -1.41. The van der Waals surface area contributed by atoms with Crippen molar-refractivity contribution in [3.63, 3.8) is 0 Å². The topological polar surface area (TPSA) is 170 Å². The molecule has 3 atom stereocenters. The summed E-state index contributed by atoms with van der Waals surface area (Å²) in [5.41, 5.74) is 6.32. The van der Waals surface area contributed by atoms with Gasteiger partial charge in [-0.25, -0.2) is 14.4 Å². The molecule has 0 aromatic heterocycles. The van der Waals surface area contributed by atoms with E-state index in [9.17, 15) is 24.3 Å². The molecule has 0 radical (unpaired) electrons. The Hall–Kier alpha value is -3.54. The van der Waals surface area contributed by atoms with Crippen LogP contribution in [0, 0.1) is 17.8 Å². The molecular weight excluding hydrogens is 502 g/mol. The second kappa shape index (κ2) is 16.3. The summed E-state index contributed by atoms with van der Waals surface area (Å²) in [6.45, 7) is 11.0. The van der Waals surface area contributed by atoms with Gasteiger partial charge in [0.2, 0.25) is 0 Å². The number of carboxylic acid groups (broad SMARTS) is 1. The van der Waals surface area contributed by atoms with Crippen molar-refractivity contribution >= 4 is 24.4 Å². The lowest BCUT2D eigenvalue weighted by Crippen LogP contribution is -2.40. The van der Waals surface area contributed by atoms with Crippen LogP contribution in [0.2, 0.25) is 0 Å². The zero-order valence-electron chi connectivity index (χ0n) is 22.8. The van der Waals surface area contributed by atoms with Crippen molar-refractivity contribution in [3.05, 3.63) is 23.8 Å². The SMILES string of the molecule is CCCOC(=O)OCC(C)C(c1ccc(OC(=O)OCC(C)C)c(OC(=O)OCC(C)C)c1)[C@H](N)C(=O)O. The van der Waals surface area contributed by atoms with Crippen LogP contribution in [-0.4, -0.2) is 62.0 Å². The summed E-state index contributed by atoms with van der Waals surface area (Å²) in [5, 5.41) is 9.62. The van der Waals surface area contributed by atoms with Gasteiger partial charge in [0.05, 0.1) is 26.4 Å². The van der Waals surface area contributed by atoms with E-state index in [-0.39, 0.29) is 49.8 Å². The molecule has 0 heterocycles. The van der Waals surface area contributed by atoms with E-state index in [0.717, 1.165) is 0 Å². The molecule has 0 bridgehead atoms. The molecule has 3 N–H and O–H groups in total. The Balaban J connectivity index is 3.29. The summed E-state index contributed by atoms with van der Waals surface area (Å²) >= 11 is 0. The number of carbonyl (C=O) groups is 4. The highest BCUT2D eigenvalue weighted by Crippen LogP contribution is 2.36. The quantitative estimate of drug-likeness (QED) is 0.189. The predicted octanol–water partition coefficient (Wildman–Crippen LogP) is 4.72. The van der Waals surface area contributed by atoms with Crippen molar-refractivity contribution in [2.45, 2.75) is 59.9 Å². The van der Waals surface area contributed by atoms with E-state index < -0.39 is 42.3 Å². The zero-order chi connectivity index (χ0) is 28.8. The zero-order valence-corrected chi connectivity index (χ0v) is 22.8. The third kappa shape index (κ3) is 11.7. The Morgan fingerprint density at radius 2 is 1.32 bits per heavy atom. The molecule has 1 aromatic carbocycles. The van der Waals surface area contributed by atoms with Gasteiger partial charge < -0.3 is 39.3 Å². The average Bonchev–Trinajstić information content (AvgIpc) is 2.85. The summed E-state index contributed by atoms with van der Waals surface area (Å²) in [7, 11) is 0. The highest BCUT2D eigenvalue weighted by atomic mass is 16.7. The third-order valence-electron chi connectivity index (χ3n) is 4.98. The first-order chi connectivity index (χ1) is 17.8. The Kier molecular flexibility index (Phi) is 14.0. The maximum absolute atomic E-state index is 12.3. The molecule has 0 saturated carbocycles. The first-order valence-electron chi connectivity index (χ1n) is 12.5. The molecule has 0 amide bonds. The van der Waals surface area contributed by atoms with Gasteiger partial charge in [0.15, 0.2) is 11.5 Å². The number of aliphatic carboxylic acids is 1. The third-order valence-corrected chi connectivity index (χ3v) is 4.98. The number of nitrogens with two attached hydrogens (primary N) is 1. The molecular formula is C26H39NO11. The summed E-state index contributed by atoms with van der Waals surface area (Å²) in [4.78, 5) is 48.0. The molecule has 12 nitrogen and oxygen atoms in total. The van der Waals surface area contributed by atoms with Gasteiger partial charge >= 0.3 is 24.4 Å². The van der Waals surface area contributed by atoms with Crippen molar-refractivity contribution in [2.24, 2.45) is 23.5 Å². The van der Waals surface area contributed by atoms with Crippen LogP contribution in [-0.2, 0) is 23.7 Å². The number of carbonyl (C=O) groups excluding carboxylic acids is 3. The lowest BCUT2D eigenvalue weighted by molar-refractivity contribution is -0.139. The van der Waals surface area contributed by atoms with Gasteiger partial charge in [0.25, 0.3) is 0 Å². The molecule has 0 aliphatic heterocycles. The fraction of sp³-hybridized carbons (Fsp3) is 0.615. The monoisotopic (exact) mass is 541 g/mol. The molecule has 0 spiro atoms. The van der Waals surface area contributed by atoms with E-state index in [1.54, 1.807) is 6.92 Å². The number of benzene rings is 1. The predicted molar refractivity (Wildman–Crippen MR) is 135 cm³/mol. The number of ether oxygens (including phenoxy) is 6. The van der Waals surface area contributed by atoms with Crippen molar-refractivity contribution in [3.8, 4) is 11.5 Å². The lowest BCUT2D eigenvalue weighted by Gasteiger charge is -2.27. The van der Waals surface area contributed by atoms with E-state index in [1.165, 1.54) is 18.2 Å². The van der Waals surface area contributed by atoms with Crippen molar-refractivity contribution < 1.29 is 52.7 Å². The van der Waals surface area contributed by atoms with Crippen LogP contribution >= 0.6 is 0 Å². The standard InChI is InChI=1S/C26H39NO11/c1-7-10-33-24(30)36-14-17(6)21(22(27)23(28)29)18-8-9-19(37-25(31)34-12-15(2)3)20(11-18)38-26(32)35-13-16(4)5/h8-9,11,15-17,21-22H,7,10,12-14,27H2,1-6H3,(H,28,29)/t17?,21?,22-/m0/s1. The maximum atomic E-state index is 12.3. The van der Waals surface area contributed by atoms with Gasteiger partial charge in [-0.2, -0.15) is 0 Å². The minimum absolute atomic E-state index is 0.0402. The Bertz CT molecular complexity index is 932. The van der Waals surface area contributed by atoms with Crippen LogP contribution in [0.25, 0.3) is 0 Å². The van der Waals surface area contributed by atoms with Crippen LogP contribution < -0.4 is 15.2 Å². The summed E-state index contributed by atoms with van der Waals surface area (Å²) in [6, 6.07) is 2.70. The number of carboxylic acids is 1. The van der Waals surface area contributed by atoms with Crippen LogP contribution in [0.15, 0.2) is 18.2 Å². The molecule has 214 valence electrons. The van der Waals surface area contributed by atoms with Crippen molar-refractivity contribution in [1.29, 1.82) is 0 Å². The number of rotatable bonds is 14. The maximum Gasteiger partial charge on any atom is 0.513 e. The van der Waals surface area contributed by atoms with E-state index in [0.29, 0.717) is 12.0 Å². The minimum Gasteiger partial charge on any atom is -0.480 e. The van der Waals surface area contributed by atoms with Gasteiger partial charge in [0, 0.05) is 5.92 Å². The van der Waals surface area contributed by atoms with Gasteiger partial charge in [-0.05, 0) is 41.9 Å². The van der Waals surface area contributed by atoms with E-state index in [4.69, 9.17) is 34.2 Å². The smallest absolute Gasteiger partial charge is 0.480 e. The van der Waals surface area contributed by atoms with Gasteiger partial charge in [-0.3, -0.25) is 4.79 Å². The van der Waals surface area contributed by atoms with Gasteiger partial charge in [-0.1, -0.05) is 47.6 Å². The summed E-state index contributed by atoms with van der Waals surface area (Å²) in [5.74, 6) is -3.06. The molecule has 0 aliphatic carbocycles. The summed E-state index contributed by atoms with van der Waals surface area (Å²) in [6.07, 6.45) is -2.34. The molecule has 12 heteroatoms. The Morgan fingerprint density at radius 1 is 0.789 bits per heavy atom. The highest BCUT2D eigenvalue weighted by Gasteiger charge is 2.33. The van der Waals surface area contributed by atoms with Crippen molar-refractivity contribution in [2.75, 3.05) is 26.4 Å². The van der Waals surface area contributed by atoms with Crippen LogP contribution in [0.5, 0.6) is 11.5 Å². The van der Waals surface area contributed by atoms with Crippen LogP contribution in [0.3, 0.4) is 0 Å². The fourth-order valence-corrected chi connectivity index (χ4v) is 3.18. The Labute approximate surface area is 222 Å². The van der Waals surface area contributed by atoms with E-state index >= 15 is 0 Å². The largest absolute Gasteiger partial charge is 0.513 e. The number of hydrogen-bond acceptors (Lipinski definition) is 11. The molecule has 0 saturated heterocycles. The number of hydrogen-bond donors (Lipinski definition) is 2. The average molecular weight is 542 g/mol. The van der Waals surface area contributed by atoms with Gasteiger partial charge in [-0.15, -0.1) is 0 Å². The summed E-state index contributed by atoms with van der Waals surface area (Å²) < 4.78 is 30.6. The van der Waals surface area contributed by atoms with Crippen molar-refractivity contribution in [1.82, 2.24) is 0 Å². The molecule has 1 aromatic rings. The molecule has 38 heavy (non-hydrogen) atoms. The normalized spacial score (nSPS) is 13.3. The second-order valence-corrected chi connectivity index (χ2v) is 9.60. The Morgan fingerprint density at radius 3 is 1.82 bits per heavy atom. The fourth-order valence-electron chi connectivity index (χ4n) is 3.18. The first-order valence-corrected chi connectivity index (χ1v) is 12.5. The molecule has 1 rings (SSSR count). The second-order valence-electron chi connectivity index (χ2n) is 9.60. The van der Waals surface area contributed by atoms with Gasteiger partial charge in [0.1, 0.15) is 6.04 Å². The van der Waals surface area contributed by atoms with E-state index in [1.807, 2.05) is 34.6 Å². The lowest BCUT2D eigenvalue weighted by atomic mass is 9.82. The molecule has 0 aliphatic rings. The molecule has 2 unspecified atom stereocenters. The molecule has 0 fully saturated rings. The first kappa shape index (κ1) is 32.5.